The zero-order chi connectivity index (χ0) is 15.8. The fraction of sp³-hybridized carbons (Fsp3) is 0.471. The Hall–Kier alpha value is -1.85. The van der Waals surface area contributed by atoms with Crippen LogP contribution < -0.4 is 15.4 Å². The lowest BCUT2D eigenvalue weighted by molar-refractivity contribution is 0.201. The Labute approximate surface area is 131 Å². The molecular weight excluding hydrogens is 278 g/mol. The lowest BCUT2D eigenvalue weighted by Gasteiger charge is -2.13. The van der Waals surface area contributed by atoms with Crippen LogP contribution in [0.15, 0.2) is 30.5 Å². The van der Waals surface area contributed by atoms with Gasteiger partial charge in [0.1, 0.15) is 12.4 Å². The standard InChI is InChI=1S/C17H25N3O2/c1-13(2)18-7-4-8-19-16-12-15(22-10-9-21)11-14-5-3-6-20-17(14)16/h3,5-6,11-13,18-19,21H,4,7-10H2,1-2H3. The summed E-state index contributed by atoms with van der Waals surface area (Å²) in [5.41, 5.74) is 1.91. The third-order valence-corrected chi connectivity index (χ3v) is 3.26. The molecule has 0 spiro atoms. The molecule has 0 aliphatic carbocycles. The molecule has 0 bridgehead atoms. The number of aliphatic hydroxyl groups is 1. The summed E-state index contributed by atoms with van der Waals surface area (Å²) in [5.74, 6) is 0.748. The van der Waals surface area contributed by atoms with Gasteiger partial charge in [0.25, 0.3) is 0 Å². The van der Waals surface area contributed by atoms with E-state index >= 15 is 0 Å². The van der Waals surface area contributed by atoms with Gasteiger partial charge in [-0.25, -0.2) is 0 Å². The lowest BCUT2D eigenvalue weighted by atomic mass is 10.1. The molecule has 5 heteroatoms. The van der Waals surface area contributed by atoms with E-state index in [4.69, 9.17) is 9.84 Å². The molecule has 0 saturated heterocycles. The number of hydrogen-bond donors (Lipinski definition) is 3. The van der Waals surface area contributed by atoms with Crippen LogP contribution in [0.1, 0.15) is 20.3 Å². The van der Waals surface area contributed by atoms with Gasteiger partial charge in [0.2, 0.25) is 0 Å². The fourth-order valence-electron chi connectivity index (χ4n) is 2.25. The molecule has 2 rings (SSSR count). The summed E-state index contributed by atoms with van der Waals surface area (Å²) in [6.07, 6.45) is 2.83. The van der Waals surface area contributed by atoms with Gasteiger partial charge in [-0.05, 0) is 25.1 Å². The van der Waals surface area contributed by atoms with Gasteiger partial charge >= 0.3 is 0 Å². The summed E-state index contributed by atoms with van der Waals surface area (Å²) in [7, 11) is 0. The van der Waals surface area contributed by atoms with E-state index in [1.54, 1.807) is 6.20 Å². The second-order valence-electron chi connectivity index (χ2n) is 5.51. The normalized spacial score (nSPS) is 11.1. The summed E-state index contributed by atoms with van der Waals surface area (Å²) >= 11 is 0. The molecule has 0 radical (unpaired) electrons. The molecule has 0 fully saturated rings. The largest absolute Gasteiger partial charge is 0.491 e. The molecule has 0 amide bonds. The Balaban J connectivity index is 2.05. The zero-order valence-electron chi connectivity index (χ0n) is 13.3. The number of hydrogen-bond acceptors (Lipinski definition) is 5. The summed E-state index contributed by atoms with van der Waals surface area (Å²) in [5, 5.41) is 16.8. The Morgan fingerprint density at radius 3 is 2.91 bits per heavy atom. The van der Waals surface area contributed by atoms with Gasteiger partial charge in [-0.3, -0.25) is 4.98 Å². The van der Waals surface area contributed by atoms with E-state index in [0.717, 1.165) is 41.9 Å². The number of benzene rings is 1. The number of aromatic nitrogens is 1. The molecule has 3 N–H and O–H groups in total. The molecule has 1 aromatic carbocycles. The molecule has 0 aliphatic rings. The maximum Gasteiger partial charge on any atom is 0.122 e. The summed E-state index contributed by atoms with van der Waals surface area (Å²) < 4.78 is 5.53. The maximum absolute atomic E-state index is 8.90. The average molecular weight is 303 g/mol. The second-order valence-corrected chi connectivity index (χ2v) is 5.51. The number of nitrogens with one attached hydrogen (secondary N) is 2. The Bertz CT molecular complexity index is 587. The van der Waals surface area contributed by atoms with Crippen LogP contribution in [-0.4, -0.2) is 42.4 Å². The molecule has 1 heterocycles. The monoisotopic (exact) mass is 303 g/mol. The molecule has 1 aromatic heterocycles. The summed E-state index contributed by atoms with van der Waals surface area (Å²) in [6, 6.07) is 8.33. The Morgan fingerprint density at radius 1 is 1.27 bits per heavy atom. The number of ether oxygens (including phenoxy) is 1. The highest BCUT2D eigenvalue weighted by molar-refractivity contribution is 5.91. The van der Waals surface area contributed by atoms with Crippen molar-refractivity contribution in [1.29, 1.82) is 0 Å². The molecule has 0 aliphatic heterocycles. The van der Waals surface area contributed by atoms with Crippen molar-refractivity contribution in [3.8, 4) is 5.75 Å². The van der Waals surface area contributed by atoms with Gasteiger partial charge in [-0.1, -0.05) is 19.9 Å². The molecule has 22 heavy (non-hydrogen) atoms. The third-order valence-electron chi connectivity index (χ3n) is 3.26. The number of aliphatic hydroxyl groups excluding tert-OH is 1. The van der Waals surface area contributed by atoms with Gasteiger partial charge in [0.15, 0.2) is 0 Å². The molecule has 0 unspecified atom stereocenters. The number of rotatable bonds is 9. The first-order valence-electron chi connectivity index (χ1n) is 7.80. The molecule has 5 nitrogen and oxygen atoms in total. The molecular formula is C17H25N3O2. The summed E-state index contributed by atoms with van der Waals surface area (Å²) in [6.45, 7) is 6.45. The molecule has 0 saturated carbocycles. The van der Waals surface area contributed by atoms with Crippen molar-refractivity contribution in [3.05, 3.63) is 30.5 Å². The van der Waals surface area contributed by atoms with E-state index in [9.17, 15) is 0 Å². The molecule has 2 aromatic rings. The van der Waals surface area contributed by atoms with Crippen molar-refractivity contribution in [2.75, 3.05) is 31.6 Å². The van der Waals surface area contributed by atoms with Crippen LogP contribution in [0.25, 0.3) is 10.9 Å². The number of anilines is 1. The molecule has 0 atom stereocenters. The minimum atomic E-state index is 0.00864. The van der Waals surface area contributed by atoms with Crippen molar-refractivity contribution in [2.45, 2.75) is 26.3 Å². The Morgan fingerprint density at radius 2 is 2.14 bits per heavy atom. The van der Waals surface area contributed by atoms with Gasteiger partial charge in [0.05, 0.1) is 17.8 Å². The van der Waals surface area contributed by atoms with Crippen LogP contribution in [0.4, 0.5) is 5.69 Å². The number of fused-ring (bicyclic) bond motifs is 1. The SMILES string of the molecule is CC(C)NCCCNc1cc(OCCO)cc2cccnc12. The minimum Gasteiger partial charge on any atom is -0.491 e. The van der Waals surface area contributed by atoms with Crippen LogP contribution >= 0.6 is 0 Å². The van der Waals surface area contributed by atoms with Crippen LogP contribution in [0.5, 0.6) is 5.75 Å². The van der Waals surface area contributed by atoms with Crippen LogP contribution in [0.3, 0.4) is 0 Å². The second kappa shape index (κ2) is 8.56. The maximum atomic E-state index is 8.90. The zero-order valence-corrected chi connectivity index (χ0v) is 13.3. The topological polar surface area (TPSA) is 66.4 Å². The third kappa shape index (κ3) is 4.86. The first-order valence-corrected chi connectivity index (χ1v) is 7.80. The Kier molecular flexibility index (Phi) is 6.43. The fourth-order valence-corrected chi connectivity index (χ4v) is 2.25. The van der Waals surface area contributed by atoms with Gasteiger partial charge in [-0.15, -0.1) is 0 Å². The lowest BCUT2D eigenvalue weighted by Crippen LogP contribution is -2.25. The predicted molar refractivity (Wildman–Crippen MR) is 90.6 cm³/mol. The van der Waals surface area contributed by atoms with Crippen molar-refractivity contribution in [1.82, 2.24) is 10.3 Å². The van der Waals surface area contributed by atoms with E-state index in [-0.39, 0.29) is 6.61 Å². The van der Waals surface area contributed by atoms with E-state index in [0.29, 0.717) is 12.6 Å². The highest BCUT2D eigenvalue weighted by Gasteiger charge is 2.06. The minimum absolute atomic E-state index is 0.00864. The van der Waals surface area contributed by atoms with Crippen molar-refractivity contribution < 1.29 is 9.84 Å². The van der Waals surface area contributed by atoms with Crippen LogP contribution in [0.2, 0.25) is 0 Å². The number of nitrogens with zero attached hydrogens (tertiary/aromatic N) is 1. The van der Waals surface area contributed by atoms with Crippen molar-refractivity contribution >= 4 is 16.6 Å². The highest BCUT2D eigenvalue weighted by atomic mass is 16.5. The van der Waals surface area contributed by atoms with Crippen LogP contribution in [-0.2, 0) is 0 Å². The number of pyridine rings is 1. The van der Waals surface area contributed by atoms with Gasteiger partial charge < -0.3 is 20.5 Å². The summed E-state index contributed by atoms with van der Waals surface area (Å²) in [4.78, 5) is 4.45. The highest BCUT2D eigenvalue weighted by Crippen LogP contribution is 2.27. The molecule has 120 valence electrons. The van der Waals surface area contributed by atoms with E-state index < -0.39 is 0 Å². The first kappa shape index (κ1) is 16.5. The van der Waals surface area contributed by atoms with E-state index in [1.165, 1.54) is 0 Å². The van der Waals surface area contributed by atoms with Gasteiger partial charge in [0, 0.05) is 30.2 Å². The quantitative estimate of drug-likeness (QED) is 0.621. The smallest absolute Gasteiger partial charge is 0.122 e. The van der Waals surface area contributed by atoms with Crippen molar-refractivity contribution in [2.24, 2.45) is 0 Å². The van der Waals surface area contributed by atoms with E-state index in [2.05, 4.69) is 29.5 Å². The van der Waals surface area contributed by atoms with Crippen molar-refractivity contribution in [3.63, 3.8) is 0 Å². The first-order chi connectivity index (χ1) is 10.7. The predicted octanol–water partition coefficient (Wildman–Crippen LogP) is 2.41. The van der Waals surface area contributed by atoms with E-state index in [1.807, 2.05) is 24.3 Å². The van der Waals surface area contributed by atoms with Crippen LogP contribution in [0, 0.1) is 0 Å². The van der Waals surface area contributed by atoms with Gasteiger partial charge in [-0.2, -0.15) is 0 Å². The average Bonchev–Trinajstić information content (AvgIpc) is 2.52.